The van der Waals surface area contributed by atoms with Crippen molar-refractivity contribution in [1.29, 1.82) is 0 Å². The molecule has 1 heterocycles. The Labute approximate surface area is 150 Å². The van der Waals surface area contributed by atoms with E-state index in [-0.39, 0.29) is 18.5 Å². The quantitative estimate of drug-likeness (QED) is 0.705. The summed E-state index contributed by atoms with van der Waals surface area (Å²) in [6, 6.07) is 7.08. The molecule has 0 saturated heterocycles. The van der Waals surface area contributed by atoms with Crippen LogP contribution in [0.5, 0.6) is 11.6 Å². The second kappa shape index (κ2) is 8.73. The Bertz CT molecular complexity index is 721. The first kappa shape index (κ1) is 19.8. The zero-order chi connectivity index (χ0) is 19.2. The molecule has 0 spiro atoms. The molecule has 0 aliphatic rings. The molecule has 8 heteroatoms. The second-order valence-electron chi connectivity index (χ2n) is 6.08. The normalized spacial score (nSPS) is 11.5. The Morgan fingerprint density at radius 1 is 1.15 bits per heavy atom. The first-order valence-corrected chi connectivity index (χ1v) is 8.37. The summed E-state index contributed by atoms with van der Waals surface area (Å²) in [4.78, 5) is 7.68. The van der Waals surface area contributed by atoms with Crippen molar-refractivity contribution in [3.05, 3.63) is 36.0 Å². The van der Waals surface area contributed by atoms with Crippen molar-refractivity contribution >= 4 is 11.6 Å². The molecule has 1 aromatic carbocycles. The minimum atomic E-state index is -4.59. The van der Waals surface area contributed by atoms with Gasteiger partial charge in [-0.15, -0.1) is 0 Å². The molecular weight excluding hydrogens is 347 g/mol. The van der Waals surface area contributed by atoms with Crippen LogP contribution in [0.15, 0.2) is 30.5 Å². The molecule has 0 aliphatic heterocycles. The maximum absolute atomic E-state index is 13.1. The number of alkyl halides is 3. The summed E-state index contributed by atoms with van der Waals surface area (Å²) in [5, 5.41) is 2.89. The molecular formula is C18H22F3N3O2. The number of aromatic nitrogens is 2. The van der Waals surface area contributed by atoms with Gasteiger partial charge in [-0.1, -0.05) is 32.9 Å². The third-order valence-corrected chi connectivity index (χ3v) is 3.21. The number of halogens is 3. The van der Waals surface area contributed by atoms with Gasteiger partial charge in [-0.05, 0) is 24.5 Å². The molecule has 0 unspecified atom stereocenters. The summed E-state index contributed by atoms with van der Waals surface area (Å²) in [5.74, 6) is 0.146. The van der Waals surface area contributed by atoms with E-state index in [1.165, 1.54) is 0 Å². The van der Waals surface area contributed by atoms with Crippen molar-refractivity contribution < 1.29 is 22.6 Å². The molecule has 0 saturated carbocycles. The number of hydrogen-bond acceptors (Lipinski definition) is 5. The maximum Gasteiger partial charge on any atom is 0.423 e. The SMILES string of the molecule is CCCOc1ccccc1Nc1ncc(C(F)(F)F)c(OCC(C)C)n1. The van der Waals surface area contributed by atoms with Crippen LogP contribution in [0.1, 0.15) is 32.8 Å². The predicted octanol–water partition coefficient (Wildman–Crippen LogP) is 5.06. The van der Waals surface area contributed by atoms with Crippen LogP contribution >= 0.6 is 0 Å². The molecule has 5 nitrogen and oxygen atoms in total. The number of hydrogen-bond donors (Lipinski definition) is 1. The number of rotatable bonds is 8. The zero-order valence-corrected chi connectivity index (χ0v) is 14.9. The minimum absolute atomic E-state index is 0.00399. The number of ether oxygens (including phenoxy) is 2. The van der Waals surface area contributed by atoms with Gasteiger partial charge in [-0.25, -0.2) is 4.98 Å². The molecule has 1 N–H and O–H groups in total. The molecule has 2 aromatic rings. The van der Waals surface area contributed by atoms with Gasteiger partial charge in [0.2, 0.25) is 11.8 Å². The average molecular weight is 369 g/mol. The van der Waals surface area contributed by atoms with E-state index < -0.39 is 17.6 Å². The molecule has 26 heavy (non-hydrogen) atoms. The average Bonchev–Trinajstić information content (AvgIpc) is 2.58. The van der Waals surface area contributed by atoms with Gasteiger partial charge < -0.3 is 14.8 Å². The van der Waals surface area contributed by atoms with Crippen molar-refractivity contribution in [2.45, 2.75) is 33.4 Å². The van der Waals surface area contributed by atoms with Gasteiger partial charge >= 0.3 is 6.18 Å². The third-order valence-electron chi connectivity index (χ3n) is 3.21. The number of benzene rings is 1. The number of nitrogens with one attached hydrogen (secondary N) is 1. The Kier molecular flexibility index (Phi) is 6.65. The van der Waals surface area contributed by atoms with Gasteiger partial charge in [-0.2, -0.15) is 18.2 Å². The van der Waals surface area contributed by atoms with E-state index in [9.17, 15) is 13.2 Å². The van der Waals surface area contributed by atoms with E-state index >= 15 is 0 Å². The van der Waals surface area contributed by atoms with Crippen molar-refractivity contribution in [2.24, 2.45) is 5.92 Å². The van der Waals surface area contributed by atoms with Crippen LogP contribution < -0.4 is 14.8 Å². The lowest BCUT2D eigenvalue weighted by molar-refractivity contribution is -0.139. The van der Waals surface area contributed by atoms with Gasteiger partial charge in [0.1, 0.15) is 11.3 Å². The first-order valence-electron chi connectivity index (χ1n) is 8.37. The Balaban J connectivity index is 2.29. The smallest absolute Gasteiger partial charge is 0.423 e. The van der Waals surface area contributed by atoms with E-state index in [4.69, 9.17) is 9.47 Å². The molecule has 0 fully saturated rings. The van der Waals surface area contributed by atoms with Gasteiger partial charge in [-0.3, -0.25) is 0 Å². The van der Waals surface area contributed by atoms with Crippen LogP contribution in [0.4, 0.5) is 24.8 Å². The Hall–Kier alpha value is -2.51. The van der Waals surface area contributed by atoms with Crippen molar-refractivity contribution in [1.82, 2.24) is 9.97 Å². The highest BCUT2D eigenvalue weighted by Crippen LogP contribution is 2.36. The molecule has 2 rings (SSSR count). The Morgan fingerprint density at radius 3 is 2.54 bits per heavy atom. The second-order valence-corrected chi connectivity index (χ2v) is 6.08. The minimum Gasteiger partial charge on any atom is -0.491 e. The predicted molar refractivity (Wildman–Crippen MR) is 92.9 cm³/mol. The van der Waals surface area contributed by atoms with Crippen LogP contribution in [0.2, 0.25) is 0 Å². The van der Waals surface area contributed by atoms with E-state index in [2.05, 4.69) is 15.3 Å². The van der Waals surface area contributed by atoms with Crippen molar-refractivity contribution in [3.8, 4) is 11.6 Å². The summed E-state index contributed by atoms with van der Waals surface area (Å²) >= 11 is 0. The lowest BCUT2D eigenvalue weighted by atomic mass is 10.2. The lowest BCUT2D eigenvalue weighted by Crippen LogP contribution is -2.14. The van der Waals surface area contributed by atoms with E-state index in [0.717, 1.165) is 12.6 Å². The van der Waals surface area contributed by atoms with Gasteiger partial charge in [0.05, 0.1) is 18.9 Å². The van der Waals surface area contributed by atoms with Crippen molar-refractivity contribution in [2.75, 3.05) is 18.5 Å². The fourth-order valence-electron chi connectivity index (χ4n) is 2.00. The van der Waals surface area contributed by atoms with Crippen LogP contribution in [0, 0.1) is 5.92 Å². The molecule has 0 atom stereocenters. The van der Waals surface area contributed by atoms with Gasteiger partial charge in [0, 0.05) is 6.20 Å². The zero-order valence-electron chi connectivity index (χ0n) is 14.9. The van der Waals surface area contributed by atoms with Gasteiger partial charge in [0.25, 0.3) is 0 Å². The highest BCUT2D eigenvalue weighted by Gasteiger charge is 2.36. The number of nitrogens with zero attached hydrogens (tertiary/aromatic N) is 2. The highest BCUT2D eigenvalue weighted by atomic mass is 19.4. The van der Waals surface area contributed by atoms with Crippen LogP contribution in [0.25, 0.3) is 0 Å². The fourth-order valence-corrected chi connectivity index (χ4v) is 2.00. The standard InChI is InChI=1S/C18H22F3N3O2/c1-4-9-25-15-8-6-5-7-14(15)23-17-22-10-13(18(19,20)21)16(24-17)26-11-12(2)3/h5-8,10,12H,4,9,11H2,1-3H3,(H,22,23,24). The molecule has 0 radical (unpaired) electrons. The maximum atomic E-state index is 13.1. The molecule has 0 amide bonds. The summed E-state index contributed by atoms with van der Waals surface area (Å²) < 4.78 is 50.3. The van der Waals surface area contributed by atoms with Crippen LogP contribution in [0.3, 0.4) is 0 Å². The van der Waals surface area contributed by atoms with E-state index in [1.54, 1.807) is 24.3 Å². The molecule has 0 bridgehead atoms. The summed E-state index contributed by atoms with van der Waals surface area (Å²) in [5.41, 5.74) is -0.435. The summed E-state index contributed by atoms with van der Waals surface area (Å²) in [6.07, 6.45) is -3.04. The van der Waals surface area contributed by atoms with Gasteiger partial charge in [0.15, 0.2) is 0 Å². The molecule has 142 valence electrons. The van der Waals surface area contributed by atoms with E-state index in [1.807, 2.05) is 20.8 Å². The van der Waals surface area contributed by atoms with Crippen molar-refractivity contribution in [3.63, 3.8) is 0 Å². The Morgan fingerprint density at radius 2 is 1.88 bits per heavy atom. The van der Waals surface area contributed by atoms with E-state index in [0.29, 0.717) is 18.0 Å². The molecule has 1 aromatic heterocycles. The molecule has 0 aliphatic carbocycles. The number of anilines is 2. The largest absolute Gasteiger partial charge is 0.491 e. The number of para-hydroxylation sites is 2. The monoisotopic (exact) mass is 369 g/mol. The third kappa shape index (κ3) is 5.50. The highest BCUT2D eigenvalue weighted by molar-refractivity contribution is 5.62. The van der Waals surface area contributed by atoms with Crippen LogP contribution in [-0.2, 0) is 6.18 Å². The topological polar surface area (TPSA) is 56.3 Å². The first-order chi connectivity index (χ1) is 12.3. The van der Waals surface area contributed by atoms with Crippen LogP contribution in [-0.4, -0.2) is 23.2 Å². The summed E-state index contributed by atoms with van der Waals surface area (Å²) in [6.45, 7) is 6.31. The summed E-state index contributed by atoms with van der Waals surface area (Å²) in [7, 11) is 0. The lowest BCUT2D eigenvalue weighted by Gasteiger charge is -2.16. The fraction of sp³-hybridized carbons (Fsp3) is 0.444.